The molecule has 0 aliphatic heterocycles. The molecule has 21 heavy (non-hydrogen) atoms. The summed E-state index contributed by atoms with van der Waals surface area (Å²) < 4.78 is 25.0. The van der Waals surface area contributed by atoms with Gasteiger partial charge in [-0.2, -0.15) is 0 Å². The Morgan fingerprint density at radius 2 is 1.81 bits per heavy atom. The van der Waals surface area contributed by atoms with Gasteiger partial charge in [0.05, 0.1) is 17.3 Å². The van der Waals surface area contributed by atoms with Crippen molar-refractivity contribution in [2.75, 3.05) is 17.8 Å². The van der Waals surface area contributed by atoms with Crippen LogP contribution in [0, 0.1) is 13.8 Å². The summed E-state index contributed by atoms with van der Waals surface area (Å²) in [7, 11) is 3.38. The topological polar surface area (TPSA) is 70.3 Å². The highest BCUT2D eigenvalue weighted by atomic mass is 32.2. The highest BCUT2D eigenvalue weighted by Crippen LogP contribution is 2.17. The number of rotatable bonds is 4. The molecule has 7 heteroatoms. The van der Waals surface area contributed by atoms with Crippen LogP contribution in [0.15, 0.2) is 29.1 Å². The normalized spacial score (nSPS) is 12.4. The first-order valence-corrected chi connectivity index (χ1v) is 7.70. The zero-order valence-electron chi connectivity index (χ0n) is 12.5. The first-order chi connectivity index (χ1) is 9.82. The predicted octanol–water partition coefficient (Wildman–Crippen LogP) is 1.07. The molecule has 2 rings (SSSR count). The van der Waals surface area contributed by atoms with Gasteiger partial charge >= 0.3 is 0 Å². The molecule has 0 radical (unpaired) electrons. The third kappa shape index (κ3) is 2.93. The minimum atomic E-state index is -2.24. The maximum Gasteiger partial charge on any atom is 0.295 e. The van der Waals surface area contributed by atoms with E-state index in [1.807, 2.05) is 31.2 Å². The van der Waals surface area contributed by atoms with Crippen LogP contribution >= 0.6 is 0 Å². The molecule has 2 aromatic rings. The number of benzene rings is 1. The summed E-state index contributed by atoms with van der Waals surface area (Å²) in [6, 6.07) is 7.60. The molecule has 0 aliphatic rings. The minimum Gasteiger partial charge on any atom is -0.771 e. The van der Waals surface area contributed by atoms with Crippen molar-refractivity contribution >= 4 is 16.8 Å². The maximum absolute atomic E-state index is 12.6. The van der Waals surface area contributed by atoms with E-state index in [1.165, 1.54) is 9.58 Å². The molecular weight excluding hydrogens is 290 g/mol. The van der Waals surface area contributed by atoms with E-state index in [9.17, 15) is 13.6 Å². The van der Waals surface area contributed by atoms with Crippen LogP contribution in [-0.4, -0.2) is 31.0 Å². The zero-order valence-corrected chi connectivity index (χ0v) is 13.3. The van der Waals surface area contributed by atoms with Crippen LogP contribution in [0.1, 0.15) is 11.3 Å². The summed E-state index contributed by atoms with van der Waals surface area (Å²) in [6.45, 7) is 3.78. The lowest BCUT2D eigenvalue weighted by Crippen LogP contribution is -2.28. The Morgan fingerprint density at radius 3 is 2.33 bits per heavy atom. The second kappa shape index (κ2) is 5.87. The predicted molar refractivity (Wildman–Crippen MR) is 82.7 cm³/mol. The molecule has 1 unspecified atom stereocenters. The number of aromatic nitrogens is 2. The van der Waals surface area contributed by atoms with Gasteiger partial charge in [-0.1, -0.05) is 17.7 Å². The molecule has 0 bridgehead atoms. The second-order valence-electron chi connectivity index (χ2n) is 5.04. The largest absolute Gasteiger partial charge is 0.771 e. The average Bonchev–Trinajstić information content (AvgIpc) is 2.61. The summed E-state index contributed by atoms with van der Waals surface area (Å²) in [5.74, 6) is -0.214. The van der Waals surface area contributed by atoms with Crippen LogP contribution < -0.4 is 10.5 Å². The lowest BCUT2D eigenvalue weighted by molar-refractivity contribution is 0.536. The summed E-state index contributed by atoms with van der Waals surface area (Å²) in [6.07, 6.45) is 0. The Balaban J connectivity index is 2.57. The van der Waals surface area contributed by atoms with Crippen molar-refractivity contribution in [1.29, 1.82) is 0 Å². The van der Waals surface area contributed by atoms with Crippen molar-refractivity contribution in [2.24, 2.45) is 7.05 Å². The van der Waals surface area contributed by atoms with Gasteiger partial charge in [0.15, 0.2) is 0 Å². The molecule has 114 valence electrons. The van der Waals surface area contributed by atoms with Gasteiger partial charge in [-0.3, -0.25) is 13.7 Å². The molecule has 1 aromatic carbocycles. The highest BCUT2D eigenvalue weighted by molar-refractivity contribution is 7.79. The maximum atomic E-state index is 12.6. The minimum absolute atomic E-state index is 0.214. The number of anilines is 1. The molecule has 0 spiro atoms. The average molecular weight is 308 g/mol. The van der Waals surface area contributed by atoms with E-state index in [0.717, 1.165) is 11.3 Å². The Kier molecular flexibility index (Phi) is 4.34. The van der Waals surface area contributed by atoms with E-state index in [-0.39, 0.29) is 11.4 Å². The van der Waals surface area contributed by atoms with Gasteiger partial charge in [0.25, 0.3) is 5.56 Å². The molecule has 1 aromatic heterocycles. The quantitative estimate of drug-likeness (QED) is 0.792. The lowest BCUT2D eigenvalue weighted by atomic mass is 10.2. The third-order valence-corrected chi connectivity index (χ3v) is 4.08. The van der Waals surface area contributed by atoms with Crippen LogP contribution in [0.2, 0.25) is 0 Å². The fraction of sp³-hybridized carbons (Fsp3) is 0.357. The van der Waals surface area contributed by atoms with Crippen LogP contribution in [-0.2, 0) is 18.1 Å². The van der Waals surface area contributed by atoms with E-state index >= 15 is 0 Å². The van der Waals surface area contributed by atoms with E-state index in [2.05, 4.69) is 0 Å². The fourth-order valence-electron chi connectivity index (χ4n) is 2.33. The highest BCUT2D eigenvalue weighted by Gasteiger charge is 2.19. The lowest BCUT2D eigenvalue weighted by Gasteiger charge is -2.18. The van der Waals surface area contributed by atoms with Gasteiger partial charge in [-0.05, 0) is 37.1 Å². The van der Waals surface area contributed by atoms with Gasteiger partial charge in [0.1, 0.15) is 5.69 Å². The summed E-state index contributed by atoms with van der Waals surface area (Å²) in [5, 5.41) is 0. The Morgan fingerprint density at radius 1 is 1.24 bits per heavy atom. The molecule has 0 N–H and O–H groups in total. The molecule has 1 heterocycles. The van der Waals surface area contributed by atoms with E-state index < -0.39 is 11.1 Å². The smallest absolute Gasteiger partial charge is 0.295 e. The zero-order chi connectivity index (χ0) is 15.7. The van der Waals surface area contributed by atoms with E-state index in [0.29, 0.717) is 11.4 Å². The summed E-state index contributed by atoms with van der Waals surface area (Å²) >= 11 is -2.24. The van der Waals surface area contributed by atoms with Crippen molar-refractivity contribution in [3.05, 3.63) is 45.9 Å². The van der Waals surface area contributed by atoms with Crippen molar-refractivity contribution in [2.45, 2.75) is 13.8 Å². The van der Waals surface area contributed by atoms with Crippen molar-refractivity contribution in [1.82, 2.24) is 9.36 Å². The summed E-state index contributed by atoms with van der Waals surface area (Å²) in [4.78, 5) is 14.1. The van der Waals surface area contributed by atoms with Crippen LogP contribution in [0.5, 0.6) is 0 Å². The number of hydrogen-bond donors (Lipinski definition) is 0. The molecule has 0 fully saturated rings. The van der Waals surface area contributed by atoms with Crippen molar-refractivity contribution < 1.29 is 8.76 Å². The van der Waals surface area contributed by atoms with Crippen LogP contribution in [0.3, 0.4) is 0 Å². The van der Waals surface area contributed by atoms with Crippen LogP contribution in [0.25, 0.3) is 5.69 Å². The standard InChI is InChI=1S/C14H19N3O3S/c1-10-5-7-12(8-6-10)17-14(18)13(11(2)16(17)4)15(3)9-21(19)20/h5-8H,9H2,1-4H3,(H,19,20)/p-1. The molecule has 1 atom stereocenters. The van der Waals surface area contributed by atoms with Crippen LogP contribution in [0.4, 0.5) is 5.69 Å². The van der Waals surface area contributed by atoms with Gasteiger partial charge in [-0.15, -0.1) is 0 Å². The molecule has 0 saturated carbocycles. The van der Waals surface area contributed by atoms with E-state index in [4.69, 9.17) is 0 Å². The first-order valence-electron chi connectivity index (χ1n) is 6.45. The molecular formula is C14H18N3O3S-. The second-order valence-corrected chi connectivity index (χ2v) is 5.91. The number of nitrogens with zero attached hydrogens (tertiary/aromatic N) is 3. The Bertz CT molecular complexity index is 731. The molecule has 0 saturated heterocycles. The third-order valence-electron chi connectivity index (χ3n) is 3.48. The SMILES string of the molecule is Cc1ccc(-n2c(=O)c(N(C)CS(=O)[O-])c(C)n2C)cc1. The molecule has 0 aliphatic carbocycles. The fourth-order valence-corrected chi connectivity index (χ4v) is 2.78. The number of hydrogen-bond acceptors (Lipinski definition) is 4. The van der Waals surface area contributed by atoms with Crippen molar-refractivity contribution in [3.63, 3.8) is 0 Å². The molecule has 0 amide bonds. The van der Waals surface area contributed by atoms with Gasteiger partial charge < -0.3 is 9.45 Å². The number of aryl methyl sites for hydroxylation is 1. The first kappa shape index (κ1) is 15.5. The van der Waals surface area contributed by atoms with E-state index in [1.54, 1.807) is 25.7 Å². The Labute approximate surface area is 125 Å². The Hall–Kier alpha value is -1.86. The van der Waals surface area contributed by atoms with Gasteiger partial charge in [0, 0.05) is 14.1 Å². The monoisotopic (exact) mass is 308 g/mol. The summed E-state index contributed by atoms with van der Waals surface area (Å²) in [5.41, 5.74) is 2.73. The van der Waals surface area contributed by atoms with Crippen molar-refractivity contribution in [3.8, 4) is 5.69 Å². The van der Waals surface area contributed by atoms with Gasteiger partial charge in [0.2, 0.25) is 0 Å². The molecule has 6 nitrogen and oxygen atoms in total. The van der Waals surface area contributed by atoms with Gasteiger partial charge in [-0.25, -0.2) is 4.68 Å².